The van der Waals surface area contributed by atoms with Gasteiger partial charge in [0, 0.05) is 38.4 Å². The number of nitrogens with zero attached hydrogens (tertiary/aromatic N) is 4. The van der Waals surface area contributed by atoms with E-state index < -0.39 is 10.0 Å². The zero-order valence-electron chi connectivity index (χ0n) is 15.8. The first-order chi connectivity index (χ1) is 13.9. The maximum Gasteiger partial charge on any atom is 0.283 e. The Morgan fingerprint density at radius 1 is 1.10 bits per heavy atom. The van der Waals surface area contributed by atoms with E-state index in [0.29, 0.717) is 62.7 Å². The Balaban J connectivity index is 1.32. The average Bonchev–Trinajstić information content (AvgIpc) is 3.39. The van der Waals surface area contributed by atoms with Gasteiger partial charge in [0.05, 0.1) is 12.0 Å². The molecule has 2 aliphatic rings. The molecule has 2 aromatic heterocycles. The molecule has 0 bridgehead atoms. The highest BCUT2D eigenvalue weighted by Crippen LogP contribution is 2.30. The van der Waals surface area contributed by atoms with E-state index in [1.807, 2.05) is 0 Å². The molecule has 29 heavy (non-hydrogen) atoms. The first kappa shape index (κ1) is 19.8. The fourth-order valence-corrected chi connectivity index (χ4v) is 5.10. The number of rotatable bonds is 6. The molecule has 2 amide bonds. The van der Waals surface area contributed by atoms with Crippen LogP contribution in [-0.4, -0.2) is 65.0 Å². The Morgan fingerprint density at radius 2 is 1.83 bits per heavy atom. The number of sulfonamides is 1. The fourth-order valence-electron chi connectivity index (χ4n) is 3.67. The Kier molecular flexibility index (Phi) is 5.50. The van der Waals surface area contributed by atoms with Crippen LogP contribution in [0.2, 0.25) is 0 Å². The van der Waals surface area contributed by atoms with Crippen LogP contribution >= 0.6 is 0 Å². The molecule has 0 spiro atoms. The SMILES string of the molecule is O=C1CCCC(=O)N1CCS(=O)(=O)N1CCC(c2nnc(-c3ccco3)o2)CC1. The van der Waals surface area contributed by atoms with Crippen molar-refractivity contribution in [1.82, 2.24) is 19.4 Å². The normalized spacial score (nSPS) is 19.8. The summed E-state index contributed by atoms with van der Waals surface area (Å²) >= 11 is 0. The van der Waals surface area contributed by atoms with Crippen molar-refractivity contribution in [3.05, 3.63) is 24.3 Å². The number of aromatic nitrogens is 2. The van der Waals surface area contributed by atoms with Gasteiger partial charge >= 0.3 is 0 Å². The third-order valence-corrected chi connectivity index (χ3v) is 7.18. The smallest absolute Gasteiger partial charge is 0.283 e. The van der Waals surface area contributed by atoms with E-state index in [-0.39, 0.29) is 30.0 Å². The zero-order valence-corrected chi connectivity index (χ0v) is 16.6. The molecule has 2 aliphatic heterocycles. The second-order valence-corrected chi connectivity index (χ2v) is 9.29. The number of carbonyl (C=O) groups is 2. The Morgan fingerprint density at radius 3 is 2.48 bits per heavy atom. The van der Waals surface area contributed by atoms with E-state index in [2.05, 4.69) is 10.2 Å². The molecule has 156 valence electrons. The second-order valence-electron chi connectivity index (χ2n) is 7.20. The van der Waals surface area contributed by atoms with Crippen molar-refractivity contribution in [2.45, 2.75) is 38.0 Å². The molecule has 4 rings (SSSR count). The van der Waals surface area contributed by atoms with Gasteiger partial charge in [-0.05, 0) is 31.4 Å². The monoisotopic (exact) mass is 422 g/mol. The number of hydrogen-bond donors (Lipinski definition) is 0. The van der Waals surface area contributed by atoms with Gasteiger partial charge in [-0.3, -0.25) is 14.5 Å². The van der Waals surface area contributed by atoms with Crippen LogP contribution in [-0.2, 0) is 19.6 Å². The van der Waals surface area contributed by atoms with Gasteiger partial charge in [-0.15, -0.1) is 10.2 Å². The lowest BCUT2D eigenvalue weighted by Crippen LogP contribution is -2.46. The van der Waals surface area contributed by atoms with Gasteiger partial charge in [0.2, 0.25) is 27.7 Å². The largest absolute Gasteiger partial charge is 0.459 e. The van der Waals surface area contributed by atoms with Crippen LogP contribution in [0, 0.1) is 0 Å². The quantitative estimate of drug-likeness (QED) is 0.639. The Bertz CT molecular complexity index is 960. The molecule has 0 radical (unpaired) electrons. The molecule has 2 saturated heterocycles. The molecule has 2 fully saturated rings. The molecular formula is C18H22N4O6S. The van der Waals surface area contributed by atoms with Gasteiger partial charge in [-0.1, -0.05) is 0 Å². The molecule has 10 nitrogen and oxygen atoms in total. The van der Waals surface area contributed by atoms with Crippen LogP contribution in [0.1, 0.15) is 43.9 Å². The number of likely N-dealkylation sites (tertiary alicyclic amines) is 1. The molecule has 0 N–H and O–H groups in total. The summed E-state index contributed by atoms with van der Waals surface area (Å²) in [6.07, 6.45) is 3.75. The number of furan rings is 1. The standard InChI is InChI=1S/C18H22N4O6S/c23-15-4-1-5-16(24)22(15)10-12-29(25,26)21-8-6-13(7-9-21)17-19-20-18(28-17)14-3-2-11-27-14/h2-3,11,13H,1,4-10,12H2. The Labute approximate surface area is 167 Å². The molecule has 0 saturated carbocycles. The van der Waals surface area contributed by atoms with Crippen molar-refractivity contribution < 1.29 is 26.8 Å². The van der Waals surface area contributed by atoms with E-state index in [1.54, 1.807) is 12.1 Å². The highest BCUT2D eigenvalue weighted by molar-refractivity contribution is 7.89. The van der Waals surface area contributed by atoms with E-state index in [4.69, 9.17) is 8.83 Å². The lowest BCUT2D eigenvalue weighted by Gasteiger charge is -2.31. The highest BCUT2D eigenvalue weighted by atomic mass is 32.2. The predicted molar refractivity (Wildman–Crippen MR) is 99.9 cm³/mol. The summed E-state index contributed by atoms with van der Waals surface area (Å²) in [5.74, 6) is 0.401. The van der Waals surface area contributed by atoms with E-state index in [1.165, 1.54) is 10.6 Å². The van der Waals surface area contributed by atoms with Crippen LogP contribution in [0.25, 0.3) is 11.7 Å². The predicted octanol–water partition coefficient (Wildman–Crippen LogP) is 1.38. The minimum Gasteiger partial charge on any atom is -0.459 e. The summed E-state index contributed by atoms with van der Waals surface area (Å²) in [6.45, 7) is 0.566. The van der Waals surface area contributed by atoms with Gasteiger partial charge in [0.15, 0.2) is 5.76 Å². The van der Waals surface area contributed by atoms with E-state index >= 15 is 0 Å². The summed E-state index contributed by atoms with van der Waals surface area (Å²) in [4.78, 5) is 24.8. The maximum atomic E-state index is 12.7. The van der Waals surface area contributed by atoms with Crippen LogP contribution in [0.4, 0.5) is 0 Å². The first-order valence-corrected chi connectivity index (χ1v) is 11.2. The molecule has 0 aromatic carbocycles. The molecule has 0 unspecified atom stereocenters. The summed E-state index contributed by atoms with van der Waals surface area (Å²) in [7, 11) is -3.56. The van der Waals surface area contributed by atoms with Crippen molar-refractivity contribution in [2.24, 2.45) is 0 Å². The van der Waals surface area contributed by atoms with Crippen molar-refractivity contribution in [1.29, 1.82) is 0 Å². The van der Waals surface area contributed by atoms with Crippen LogP contribution < -0.4 is 0 Å². The van der Waals surface area contributed by atoms with E-state index in [9.17, 15) is 18.0 Å². The number of piperidine rings is 2. The molecule has 4 heterocycles. The van der Waals surface area contributed by atoms with Crippen molar-refractivity contribution >= 4 is 21.8 Å². The van der Waals surface area contributed by atoms with Gasteiger partial charge in [0.1, 0.15) is 0 Å². The third kappa shape index (κ3) is 4.25. The van der Waals surface area contributed by atoms with Gasteiger partial charge in [-0.2, -0.15) is 0 Å². The molecule has 0 aliphatic carbocycles. The first-order valence-electron chi connectivity index (χ1n) is 9.62. The van der Waals surface area contributed by atoms with Gasteiger partial charge < -0.3 is 8.83 Å². The molecular weight excluding hydrogens is 400 g/mol. The topological polar surface area (TPSA) is 127 Å². The lowest BCUT2D eigenvalue weighted by atomic mass is 9.98. The number of amides is 2. The Hall–Kier alpha value is -2.53. The minimum absolute atomic E-state index is 0.0251. The number of carbonyl (C=O) groups excluding carboxylic acids is 2. The minimum atomic E-state index is -3.56. The summed E-state index contributed by atoms with van der Waals surface area (Å²) in [5, 5.41) is 8.06. The zero-order chi connectivity index (χ0) is 20.4. The average molecular weight is 422 g/mol. The van der Waals surface area contributed by atoms with Crippen LogP contribution in [0.5, 0.6) is 0 Å². The second kappa shape index (κ2) is 8.07. The maximum absolute atomic E-state index is 12.7. The number of imide groups is 1. The number of hydrogen-bond acceptors (Lipinski definition) is 8. The van der Waals surface area contributed by atoms with Gasteiger partial charge in [-0.25, -0.2) is 12.7 Å². The van der Waals surface area contributed by atoms with Crippen molar-refractivity contribution in [3.63, 3.8) is 0 Å². The summed E-state index contributed by atoms with van der Waals surface area (Å²) in [5.41, 5.74) is 0. The lowest BCUT2D eigenvalue weighted by molar-refractivity contribution is -0.147. The van der Waals surface area contributed by atoms with Crippen molar-refractivity contribution in [3.8, 4) is 11.7 Å². The van der Waals surface area contributed by atoms with Crippen LogP contribution in [0.15, 0.2) is 27.2 Å². The van der Waals surface area contributed by atoms with Crippen LogP contribution in [0.3, 0.4) is 0 Å². The summed E-state index contributed by atoms with van der Waals surface area (Å²) < 4.78 is 37.6. The summed E-state index contributed by atoms with van der Waals surface area (Å²) in [6, 6.07) is 3.46. The highest BCUT2D eigenvalue weighted by Gasteiger charge is 2.33. The molecule has 0 atom stereocenters. The van der Waals surface area contributed by atoms with Gasteiger partial charge in [0.25, 0.3) is 5.89 Å². The van der Waals surface area contributed by atoms with Crippen molar-refractivity contribution in [2.75, 3.05) is 25.4 Å². The molecule has 11 heteroatoms. The van der Waals surface area contributed by atoms with E-state index in [0.717, 1.165) is 4.90 Å². The molecule has 2 aromatic rings. The fraction of sp³-hybridized carbons (Fsp3) is 0.556. The third-order valence-electron chi connectivity index (χ3n) is 5.33.